The maximum absolute atomic E-state index is 11.4. The molecule has 17 heavy (non-hydrogen) atoms. The number of amides is 1. The van der Waals surface area contributed by atoms with Crippen LogP contribution in [-0.4, -0.2) is 22.7 Å². The molecule has 0 bridgehead atoms. The van der Waals surface area contributed by atoms with Gasteiger partial charge in [0.2, 0.25) is 0 Å². The molecule has 88 valence electrons. The van der Waals surface area contributed by atoms with Crippen LogP contribution in [-0.2, 0) is 0 Å². The van der Waals surface area contributed by atoms with Crippen LogP contribution in [0.4, 0.5) is 5.69 Å². The smallest absolute Gasteiger partial charge is 0.251 e. The Balaban J connectivity index is 2.36. The Morgan fingerprint density at radius 2 is 2.00 bits per heavy atom. The number of carbonyl (C=O) groups is 1. The molecule has 0 aliphatic heterocycles. The first kappa shape index (κ1) is 11.2. The van der Waals surface area contributed by atoms with E-state index >= 15 is 0 Å². The number of nitrogens with zero attached hydrogens (tertiary/aromatic N) is 2. The molecule has 0 spiro atoms. The molecule has 0 radical (unpaired) electrons. The van der Waals surface area contributed by atoms with Gasteiger partial charge in [0.15, 0.2) is 0 Å². The number of hydrogen-bond donors (Lipinski definition) is 2. The molecule has 1 amide bonds. The Morgan fingerprint density at radius 1 is 1.35 bits per heavy atom. The molecule has 0 atom stereocenters. The summed E-state index contributed by atoms with van der Waals surface area (Å²) in [7, 11) is 1.61. The number of nitrogens with one attached hydrogen (secondary N) is 1. The lowest BCUT2D eigenvalue weighted by Crippen LogP contribution is -2.17. The van der Waals surface area contributed by atoms with Gasteiger partial charge in [-0.2, -0.15) is 5.10 Å². The van der Waals surface area contributed by atoms with Crippen molar-refractivity contribution in [2.75, 3.05) is 12.8 Å². The van der Waals surface area contributed by atoms with Crippen molar-refractivity contribution in [3.05, 3.63) is 41.7 Å². The Hall–Kier alpha value is -2.30. The lowest BCUT2D eigenvalue weighted by Gasteiger charge is -2.05. The number of benzene rings is 1. The van der Waals surface area contributed by atoms with Crippen LogP contribution in [0, 0.1) is 6.92 Å². The molecule has 0 aliphatic rings. The highest BCUT2D eigenvalue weighted by Gasteiger charge is 2.07. The third kappa shape index (κ3) is 1.99. The molecule has 0 fully saturated rings. The van der Waals surface area contributed by atoms with E-state index in [-0.39, 0.29) is 5.91 Å². The van der Waals surface area contributed by atoms with Crippen molar-refractivity contribution in [2.24, 2.45) is 0 Å². The molecule has 1 aromatic carbocycles. The molecule has 0 saturated heterocycles. The third-order valence-corrected chi connectivity index (χ3v) is 2.65. The van der Waals surface area contributed by atoms with Gasteiger partial charge in [-0.05, 0) is 31.2 Å². The summed E-state index contributed by atoms with van der Waals surface area (Å²) in [6.45, 7) is 1.90. The van der Waals surface area contributed by atoms with E-state index in [0.717, 1.165) is 11.4 Å². The SMILES string of the molecule is CNC(=O)c1ccc(-n2ncc(N)c2C)cc1. The molecule has 1 heterocycles. The first-order valence-electron chi connectivity index (χ1n) is 5.26. The summed E-state index contributed by atoms with van der Waals surface area (Å²) >= 11 is 0. The minimum atomic E-state index is -0.103. The quantitative estimate of drug-likeness (QED) is 0.812. The number of aromatic nitrogens is 2. The largest absolute Gasteiger partial charge is 0.396 e. The predicted octanol–water partition coefficient (Wildman–Crippen LogP) is 1.12. The average Bonchev–Trinajstić information content (AvgIpc) is 2.69. The lowest BCUT2D eigenvalue weighted by molar-refractivity contribution is 0.0963. The van der Waals surface area contributed by atoms with Crippen molar-refractivity contribution in [1.29, 1.82) is 0 Å². The molecular formula is C12H14N4O. The molecule has 0 saturated carbocycles. The van der Waals surface area contributed by atoms with Gasteiger partial charge in [0.25, 0.3) is 5.91 Å². The van der Waals surface area contributed by atoms with Crippen molar-refractivity contribution in [2.45, 2.75) is 6.92 Å². The van der Waals surface area contributed by atoms with Crippen LogP contribution >= 0.6 is 0 Å². The minimum absolute atomic E-state index is 0.103. The zero-order valence-electron chi connectivity index (χ0n) is 9.77. The maximum atomic E-state index is 11.4. The molecule has 2 rings (SSSR count). The van der Waals surface area contributed by atoms with E-state index in [9.17, 15) is 4.79 Å². The molecule has 5 nitrogen and oxygen atoms in total. The zero-order valence-corrected chi connectivity index (χ0v) is 9.77. The van der Waals surface area contributed by atoms with Crippen molar-refractivity contribution in [3.63, 3.8) is 0 Å². The van der Waals surface area contributed by atoms with E-state index in [1.165, 1.54) is 0 Å². The number of nitrogens with two attached hydrogens (primary N) is 1. The van der Waals surface area contributed by atoms with Crippen molar-refractivity contribution in [1.82, 2.24) is 15.1 Å². The molecule has 0 aliphatic carbocycles. The zero-order chi connectivity index (χ0) is 12.4. The Bertz CT molecular complexity index is 542. The first-order valence-corrected chi connectivity index (χ1v) is 5.26. The molecule has 2 aromatic rings. The van der Waals surface area contributed by atoms with Gasteiger partial charge in [-0.15, -0.1) is 0 Å². The average molecular weight is 230 g/mol. The van der Waals surface area contributed by atoms with E-state index in [0.29, 0.717) is 11.3 Å². The molecule has 5 heteroatoms. The summed E-state index contributed by atoms with van der Waals surface area (Å²) in [6.07, 6.45) is 1.61. The van der Waals surface area contributed by atoms with Crippen LogP contribution in [0.2, 0.25) is 0 Å². The predicted molar refractivity (Wildman–Crippen MR) is 66.1 cm³/mol. The second kappa shape index (κ2) is 4.29. The highest BCUT2D eigenvalue weighted by molar-refractivity contribution is 5.94. The van der Waals surface area contributed by atoms with Gasteiger partial charge in [-0.1, -0.05) is 0 Å². The summed E-state index contributed by atoms with van der Waals surface area (Å²) in [5.74, 6) is -0.103. The van der Waals surface area contributed by atoms with Crippen LogP contribution < -0.4 is 11.1 Å². The number of nitrogen functional groups attached to an aromatic ring is 1. The summed E-state index contributed by atoms with van der Waals surface area (Å²) in [6, 6.07) is 7.19. The number of rotatable bonds is 2. The maximum Gasteiger partial charge on any atom is 0.251 e. The van der Waals surface area contributed by atoms with Crippen molar-refractivity contribution >= 4 is 11.6 Å². The van der Waals surface area contributed by atoms with E-state index < -0.39 is 0 Å². The molecule has 0 unspecified atom stereocenters. The topological polar surface area (TPSA) is 72.9 Å². The fraction of sp³-hybridized carbons (Fsp3) is 0.167. The fourth-order valence-corrected chi connectivity index (χ4v) is 1.58. The molecule has 3 N–H and O–H groups in total. The van der Waals surface area contributed by atoms with Gasteiger partial charge < -0.3 is 11.1 Å². The van der Waals surface area contributed by atoms with Crippen molar-refractivity contribution in [3.8, 4) is 5.69 Å². The molecular weight excluding hydrogens is 216 g/mol. The van der Waals surface area contributed by atoms with Crippen LogP contribution in [0.25, 0.3) is 5.69 Å². The lowest BCUT2D eigenvalue weighted by atomic mass is 10.2. The summed E-state index contributed by atoms with van der Waals surface area (Å²) in [5, 5.41) is 6.75. The Kier molecular flexibility index (Phi) is 2.82. The molecule has 1 aromatic heterocycles. The van der Waals surface area contributed by atoms with Gasteiger partial charge in [0.1, 0.15) is 0 Å². The second-order valence-corrected chi connectivity index (χ2v) is 3.72. The summed E-state index contributed by atoms with van der Waals surface area (Å²) < 4.78 is 1.74. The fourth-order valence-electron chi connectivity index (χ4n) is 1.58. The van der Waals surface area contributed by atoms with E-state index in [2.05, 4.69) is 10.4 Å². The normalized spacial score (nSPS) is 10.2. The Morgan fingerprint density at radius 3 is 2.47 bits per heavy atom. The first-order chi connectivity index (χ1) is 8.13. The van der Waals surface area contributed by atoms with Gasteiger partial charge in [0.05, 0.1) is 23.3 Å². The highest BCUT2D eigenvalue weighted by Crippen LogP contribution is 2.15. The van der Waals surface area contributed by atoms with Gasteiger partial charge in [-0.25, -0.2) is 4.68 Å². The number of hydrogen-bond acceptors (Lipinski definition) is 3. The Labute approximate surface area is 99.2 Å². The van der Waals surface area contributed by atoms with Crippen molar-refractivity contribution < 1.29 is 4.79 Å². The number of carbonyl (C=O) groups excluding carboxylic acids is 1. The van der Waals surface area contributed by atoms with Gasteiger partial charge in [-0.3, -0.25) is 4.79 Å². The summed E-state index contributed by atoms with van der Waals surface area (Å²) in [4.78, 5) is 11.4. The van der Waals surface area contributed by atoms with Crippen LogP contribution in [0.3, 0.4) is 0 Å². The van der Waals surface area contributed by atoms with E-state index in [4.69, 9.17) is 5.73 Å². The van der Waals surface area contributed by atoms with Crippen LogP contribution in [0.1, 0.15) is 16.1 Å². The van der Waals surface area contributed by atoms with Crippen LogP contribution in [0.15, 0.2) is 30.5 Å². The third-order valence-electron chi connectivity index (χ3n) is 2.65. The van der Waals surface area contributed by atoms with E-state index in [1.807, 2.05) is 19.1 Å². The summed E-state index contributed by atoms with van der Waals surface area (Å²) in [5.41, 5.74) is 8.77. The van der Waals surface area contributed by atoms with E-state index in [1.54, 1.807) is 30.1 Å². The standard InChI is InChI=1S/C12H14N4O/c1-8-11(13)7-15-16(8)10-5-3-9(4-6-10)12(17)14-2/h3-7H,13H2,1-2H3,(H,14,17). The second-order valence-electron chi connectivity index (χ2n) is 3.72. The minimum Gasteiger partial charge on any atom is -0.396 e. The van der Waals surface area contributed by atoms with Gasteiger partial charge >= 0.3 is 0 Å². The number of anilines is 1. The highest BCUT2D eigenvalue weighted by atomic mass is 16.1. The van der Waals surface area contributed by atoms with Gasteiger partial charge in [0, 0.05) is 12.6 Å². The monoisotopic (exact) mass is 230 g/mol. The van der Waals surface area contributed by atoms with Crippen LogP contribution in [0.5, 0.6) is 0 Å².